The number of rotatable bonds is 1. The molecule has 0 aliphatic carbocycles. The average molecular weight is 369 g/mol. The van der Waals surface area contributed by atoms with Gasteiger partial charge in [0.1, 0.15) is 5.69 Å². The highest BCUT2D eigenvalue weighted by molar-refractivity contribution is 9.10. The third-order valence-corrected chi connectivity index (χ3v) is 4.67. The quantitative estimate of drug-likeness (QED) is 0.714. The van der Waals surface area contributed by atoms with Gasteiger partial charge in [-0.2, -0.15) is 0 Å². The molecular formula is C18H13BrN2O2. The average Bonchev–Trinajstić information content (AvgIpc) is 2.97. The molecule has 0 fully saturated rings. The molecule has 1 aromatic heterocycles. The maximum atomic E-state index is 12.9. The van der Waals surface area contributed by atoms with Gasteiger partial charge in [0.2, 0.25) is 0 Å². The Morgan fingerprint density at radius 2 is 1.96 bits per heavy atom. The number of nitrogens with one attached hydrogen (secondary N) is 1. The number of H-pyrrole nitrogens is 1. The second-order valence-corrected chi connectivity index (χ2v) is 6.49. The van der Waals surface area contributed by atoms with Crippen LogP contribution in [0.5, 0.6) is 0 Å². The van der Waals surface area contributed by atoms with Crippen molar-refractivity contribution in [1.29, 1.82) is 0 Å². The van der Waals surface area contributed by atoms with Crippen LogP contribution in [0.4, 0.5) is 5.69 Å². The predicted octanol–water partition coefficient (Wildman–Crippen LogP) is 3.49. The Hall–Kier alpha value is -2.40. The number of aromatic nitrogens is 1. The molecule has 1 amide bonds. The highest BCUT2D eigenvalue weighted by Crippen LogP contribution is 2.31. The minimum absolute atomic E-state index is 0.176. The van der Waals surface area contributed by atoms with Gasteiger partial charge < -0.3 is 9.88 Å². The van der Waals surface area contributed by atoms with Crippen molar-refractivity contribution in [2.24, 2.45) is 0 Å². The molecule has 0 atom stereocenters. The largest absolute Gasteiger partial charge is 0.317 e. The van der Waals surface area contributed by atoms with Gasteiger partial charge in [0, 0.05) is 22.1 Å². The number of hydrogen-bond donors (Lipinski definition) is 1. The number of fused-ring (bicyclic) bond motifs is 2. The summed E-state index contributed by atoms with van der Waals surface area (Å²) < 4.78 is 0.933. The van der Waals surface area contributed by atoms with E-state index in [4.69, 9.17) is 0 Å². The second-order valence-electron chi connectivity index (χ2n) is 5.58. The maximum absolute atomic E-state index is 12.9. The normalized spacial score (nSPS) is 13.3. The first-order valence-electron chi connectivity index (χ1n) is 7.36. The van der Waals surface area contributed by atoms with Gasteiger partial charge in [0.05, 0.1) is 0 Å². The number of carbonyl (C=O) groups is 1. The molecule has 1 aliphatic rings. The summed E-state index contributed by atoms with van der Waals surface area (Å²) in [4.78, 5) is 29.5. The molecule has 1 aliphatic heterocycles. The smallest absolute Gasteiger partial charge is 0.274 e. The Balaban J connectivity index is 1.80. The van der Waals surface area contributed by atoms with E-state index in [2.05, 4.69) is 20.9 Å². The van der Waals surface area contributed by atoms with Crippen LogP contribution in [0.1, 0.15) is 16.1 Å². The number of amides is 1. The molecular weight excluding hydrogens is 356 g/mol. The number of anilines is 1. The molecule has 2 aromatic carbocycles. The lowest BCUT2D eigenvalue weighted by molar-refractivity contribution is 0.0984. The fourth-order valence-corrected chi connectivity index (χ4v) is 3.38. The van der Waals surface area contributed by atoms with Crippen molar-refractivity contribution in [2.45, 2.75) is 6.42 Å². The van der Waals surface area contributed by atoms with Crippen LogP contribution in [-0.2, 0) is 6.42 Å². The lowest BCUT2D eigenvalue weighted by atomic mass is 10.1. The summed E-state index contributed by atoms with van der Waals surface area (Å²) >= 11 is 3.45. The number of carbonyl (C=O) groups excluding carboxylic acids is 1. The van der Waals surface area contributed by atoms with E-state index in [0.29, 0.717) is 17.6 Å². The van der Waals surface area contributed by atoms with E-state index >= 15 is 0 Å². The number of halogens is 1. The maximum Gasteiger partial charge on any atom is 0.274 e. The molecule has 5 heteroatoms. The first-order chi connectivity index (χ1) is 11.1. The van der Waals surface area contributed by atoms with Crippen LogP contribution >= 0.6 is 15.9 Å². The molecule has 0 saturated carbocycles. The molecule has 4 rings (SSSR count). The minimum Gasteiger partial charge on any atom is -0.317 e. The second kappa shape index (κ2) is 5.35. The highest BCUT2D eigenvalue weighted by Gasteiger charge is 2.26. The highest BCUT2D eigenvalue weighted by atomic mass is 79.9. The van der Waals surface area contributed by atoms with Crippen molar-refractivity contribution in [3.05, 3.63) is 74.6 Å². The lowest BCUT2D eigenvalue weighted by Gasteiger charge is -2.17. The molecule has 23 heavy (non-hydrogen) atoms. The number of pyridine rings is 1. The predicted molar refractivity (Wildman–Crippen MR) is 94.1 cm³/mol. The van der Waals surface area contributed by atoms with Crippen LogP contribution in [0, 0.1) is 0 Å². The van der Waals surface area contributed by atoms with Gasteiger partial charge in [0.15, 0.2) is 0 Å². The summed E-state index contributed by atoms with van der Waals surface area (Å²) in [6.07, 6.45) is 0.826. The molecule has 0 bridgehead atoms. The van der Waals surface area contributed by atoms with Gasteiger partial charge in [-0.3, -0.25) is 9.59 Å². The van der Waals surface area contributed by atoms with E-state index in [1.807, 2.05) is 36.4 Å². The SMILES string of the molecule is O=C(c1cc2ccccc2c(=O)[nH]1)N1CCc2ccc(Br)cc21. The van der Waals surface area contributed by atoms with Gasteiger partial charge in [-0.25, -0.2) is 0 Å². The Labute approximate surface area is 140 Å². The van der Waals surface area contributed by atoms with Crippen molar-refractivity contribution in [2.75, 3.05) is 11.4 Å². The monoisotopic (exact) mass is 368 g/mol. The van der Waals surface area contributed by atoms with Gasteiger partial charge in [-0.1, -0.05) is 40.2 Å². The van der Waals surface area contributed by atoms with E-state index in [1.165, 1.54) is 0 Å². The van der Waals surface area contributed by atoms with E-state index in [1.54, 1.807) is 17.0 Å². The summed E-state index contributed by atoms with van der Waals surface area (Å²) in [5, 5.41) is 1.36. The summed E-state index contributed by atoms with van der Waals surface area (Å²) in [5.74, 6) is -0.176. The number of benzene rings is 2. The summed E-state index contributed by atoms with van der Waals surface area (Å²) in [6, 6.07) is 15.0. The lowest BCUT2D eigenvalue weighted by Crippen LogP contribution is -2.31. The first kappa shape index (κ1) is 14.2. The Morgan fingerprint density at radius 1 is 1.13 bits per heavy atom. The van der Waals surface area contributed by atoms with Crippen LogP contribution in [0.2, 0.25) is 0 Å². The third-order valence-electron chi connectivity index (χ3n) is 4.17. The summed E-state index contributed by atoms with van der Waals surface area (Å²) in [7, 11) is 0. The molecule has 2 heterocycles. The van der Waals surface area contributed by atoms with Crippen LogP contribution < -0.4 is 10.5 Å². The zero-order valence-corrected chi connectivity index (χ0v) is 13.8. The standard InChI is InChI=1S/C18H13BrN2O2/c19-13-6-5-11-7-8-21(16(11)10-13)18(23)15-9-12-3-1-2-4-14(12)17(22)20-15/h1-6,9-10H,7-8H2,(H,20,22). The molecule has 114 valence electrons. The number of aromatic amines is 1. The van der Waals surface area contributed by atoms with Crippen molar-refractivity contribution in [3.8, 4) is 0 Å². The fraction of sp³-hybridized carbons (Fsp3) is 0.111. The Kier molecular flexibility index (Phi) is 3.31. The van der Waals surface area contributed by atoms with E-state index in [-0.39, 0.29) is 11.5 Å². The van der Waals surface area contributed by atoms with Crippen molar-refractivity contribution >= 4 is 38.3 Å². The van der Waals surface area contributed by atoms with Crippen LogP contribution in [0.15, 0.2) is 57.8 Å². The van der Waals surface area contributed by atoms with E-state index in [0.717, 1.165) is 27.5 Å². The van der Waals surface area contributed by atoms with Gasteiger partial charge >= 0.3 is 0 Å². The zero-order valence-electron chi connectivity index (χ0n) is 12.2. The van der Waals surface area contributed by atoms with Crippen molar-refractivity contribution in [3.63, 3.8) is 0 Å². The molecule has 1 N–H and O–H groups in total. The molecule has 0 unspecified atom stereocenters. The number of nitrogens with zero attached hydrogens (tertiary/aromatic N) is 1. The minimum atomic E-state index is -0.236. The van der Waals surface area contributed by atoms with Gasteiger partial charge in [-0.05, 0) is 41.6 Å². The summed E-state index contributed by atoms with van der Waals surface area (Å²) in [5.41, 5.74) is 2.13. The van der Waals surface area contributed by atoms with Crippen LogP contribution in [0.3, 0.4) is 0 Å². The first-order valence-corrected chi connectivity index (χ1v) is 8.15. The topological polar surface area (TPSA) is 53.2 Å². The molecule has 3 aromatic rings. The molecule has 4 nitrogen and oxygen atoms in total. The Bertz CT molecular complexity index is 994. The van der Waals surface area contributed by atoms with E-state index < -0.39 is 0 Å². The van der Waals surface area contributed by atoms with Gasteiger partial charge in [0.25, 0.3) is 11.5 Å². The molecule has 0 spiro atoms. The Morgan fingerprint density at radius 3 is 2.83 bits per heavy atom. The summed E-state index contributed by atoms with van der Waals surface area (Å²) in [6.45, 7) is 0.624. The number of hydrogen-bond acceptors (Lipinski definition) is 2. The fourth-order valence-electron chi connectivity index (χ4n) is 3.03. The third kappa shape index (κ3) is 2.37. The van der Waals surface area contributed by atoms with Gasteiger partial charge in [-0.15, -0.1) is 0 Å². The van der Waals surface area contributed by atoms with Crippen molar-refractivity contribution in [1.82, 2.24) is 4.98 Å². The van der Waals surface area contributed by atoms with E-state index in [9.17, 15) is 9.59 Å². The van der Waals surface area contributed by atoms with Crippen LogP contribution in [0.25, 0.3) is 10.8 Å². The van der Waals surface area contributed by atoms with Crippen LogP contribution in [-0.4, -0.2) is 17.4 Å². The molecule has 0 saturated heterocycles. The zero-order chi connectivity index (χ0) is 16.0. The molecule has 0 radical (unpaired) electrons. The van der Waals surface area contributed by atoms with Crippen molar-refractivity contribution < 1.29 is 4.79 Å².